The number of carbonyl (C=O) groups is 1. The molecule has 1 aromatic carbocycles. The molecule has 0 aliphatic rings. The van der Waals surface area contributed by atoms with E-state index in [2.05, 4.69) is 22.7 Å². The topological polar surface area (TPSA) is 99.7 Å². The molecule has 0 atom stereocenters. The first-order valence-electron chi connectivity index (χ1n) is 6.26. The van der Waals surface area contributed by atoms with Gasteiger partial charge in [0.2, 0.25) is 0 Å². The van der Waals surface area contributed by atoms with Crippen molar-refractivity contribution in [3.05, 3.63) is 29.8 Å². The predicted molar refractivity (Wildman–Crippen MR) is 75.5 cm³/mol. The van der Waals surface area contributed by atoms with Crippen LogP contribution in [0.5, 0.6) is 0 Å². The van der Waals surface area contributed by atoms with Crippen molar-refractivity contribution < 1.29 is 10.0 Å². The van der Waals surface area contributed by atoms with Crippen LogP contribution in [0.4, 0.5) is 10.5 Å². The molecule has 1 rings (SSSR count). The molecule has 2 amide bonds. The van der Waals surface area contributed by atoms with E-state index in [1.807, 2.05) is 12.1 Å². The zero-order valence-electron chi connectivity index (χ0n) is 11.0. The number of hydrogen-bond donors (Lipinski definition) is 4. The van der Waals surface area contributed by atoms with Crippen molar-refractivity contribution in [1.29, 1.82) is 0 Å². The Bertz CT molecular complexity index is 429. The molecular formula is C13H20N4O2. The minimum atomic E-state index is -0.211. The molecule has 104 valence electrons. The van der Waals surface area contributed by atoms with E-state index in [0.717, 1.165) is 18.4 Å². The number of hydrogen-bond acceptors (Lipinski definition) is 3. The van der Waals surface area contributed by atoms with Crippen molar-refractivity contribution in [2.24, 2.45) is 10.9 Å². The molecular weight excluding hydrogens is 244 g/mol. The maximum atomic E-state index is 11.5. The van der Waals surface area contributed by atoms with E-state index in [1.165, 1.54) is 0 Å². The van der Waals surface area contributed by atoms with Gasteiger partial charge in [0.1, 0.15) is 5.84 Å². The minimum Gasteiger partial charge on any atom is -0.409 e. The molecule has 0 saturated heterocycles. The van der Waals surface area contributed by atoms with Crippen LogP contribution in [0.2, 0.25) is 0 Å². The summed E-state index contributed by atoms with van der Waals surface area (Å²) in [5, 5.41) is 16.9. The summed E-state index contributed by atoms with van der Waals surface area (Å²) in [6.07, 6.45) is 2.38. The van der Waals surface area contributed by atoms with E-state index in [9.17, 15) is 4.79 Å². The van der Waals surface area contributed by atoms with Gasteiger partial charge in [-0.3, -0.25) is 0 Å². The average Bonchev–Trinajstić information content (AvgIpc) is 2.41. The molecule has 0 unspecified atom stereocenters. The predicted octanol–water partition coefficient (Wildman–Crippen LogP) is 1.90. The van der Waals surface area contributed by atoms with Crippen LogP contribution in [0.15, 0.2) is 29.4 Å². The first-order valence-corrected chi connectivity index (χ1v) is 6.26. The zero-order chi connectivity index (χ0) is 14.1. The van der Waals surface area contributed by atoms with Crippen LogP contribution in [0.3, 0.4) is 0 Å². The van der Waals surface area contributed by atoms with Gasteiger partial charge in [-0.2, -0.15) is 0 Å². The summed E-state index contributed by atoms with van der Waals surface area (Å²) in [5.41, 5.74) is 7.03. The summed E-state index contributed by atoms with van der Waals surface area (Å²) in [6, 6.07) is 6.98. The van der Waals surface area contributed by atoms with E-state index in [0.29, 0.717) is 18.7 Å². The Morgan fingerprint density at radius 3 is 2.63 bits per heavy atom. The lowest BCUT2D eigenvalue weighted by atomic mass is 10.1. The highest BCUT2D eigenvalue weighted by Crippen LogP contribution is 2.09. The van der Waals surface area contributed by atoms with Crippen molar-refractivity contribution in [1.82, 2.24) is 5.32 Å². The summed E-state index contributed by atoms with van der Waals surface area (Å²) in [4.78, 5) is 11.5. The highest BCUT2D eigenvalue weighted by Gasteiger charge is 2.01. The average molecular weight is 264 g/mol. The van der Waals surface area contributed by atoms with Crippen molar-refractivity contribution in [3.8, 4) is 0 Å². The highest BCUT2D eigenvalue weighted by molar-refractivity contribution is 5.89. The first kappa shape index (κ1) is 14.8. The Labute approximate surface area is 112 Å². The second-order valence-corrected chi connectivity index (χ2v) is 4.20. The third-order valence-corrected chi connectivity index (χ3v) is 2.54. The third-order valence-electron chi connectivity index (χ3n) is 2.54. The lowest BCUT2D eigenvalue weighted by molar-refractivity contribution is 0.252. The Balaban J connectivity index is 2.45. The van der Waals surface area contributed by atoms with Gasteiger partial charge in [0.25, 0.3) is 0 Å². The molecule has 0 aromatic heterocycles. The van der Waals surface area contributed by atoms with Crippen LogP contribution >= 0.6 is 0 Å². The molecule has 0 aliphatic heterocycles. The fourth-order valence-electron chi connectivity index (χ4n) is 1.50. The van der Waals surface area contributed by atoms with Gasteiger partial charge in [-0.05, 0) is 24.1 Å². The van der Waals surface area contributed by atoms with Gasteiger partial charge >= 0.3 is 6.03 Å². The number of urea groups is 1. The lowest BCUT2D eigenvalue weighted by Gasteiger charge is -2.07. The SMILES string of the molecule is CCCCNC(=O)Nc1ccc(CC(N)=NO)cc1. The summed E-state index contributed by atoms with van der Waals surface area (Å²) in [6.45, 7) is 2.74. The van der Waals surface area contributed by atoms with Crippen molar-refractivity contribution in [3.63, 3.8) is 0 Å². The monoisotopic (exact) mass is 264 g/mol. The molecule has 19 heavy (non-hydrogen) atoms. The van der Waals surface area contributed by atoms with Gasteiger partial charge in [0, 0.05) is 18.7 Å². The largest absolute Gasteiger partial charge is 0.409 e. The maximum absolute atomic E-state index is 11.5. The van der Waals surface area contributed by atoms with Gasteiger partial charge in [-0.25, -0.2) is 4.79 Å². The number of anilines is 1. The van der Waals surface area contributed by atoms with Crippen LogP contribution in [0.25, 0.3) is 0 Å². The lowest BCUT2D eigenvalue weighted by Crippen LogP contribution is -2.29. The van der Waals surface area contributed by atoms with Gasteiger partial charge in [0.15, 0.2) is 0 Å². The van der Waals surface area contributed by atoms with Crippen molar-refractivity contribution >= 4 is 17.6 Å². The smallest absolute Gasteiger partial charge is 0.319 e. The molecule has 0 heterocycles. The van der Waals surface area contributed by atoms with Gasteiger partial charge < -0.3 is 21.6 Å². The van der Waals surface area contributed by atoms with E-state index in [-0.39, 0.29) is 11.9 Å². The highest BCUT2D eigenvalue weighted by atomic mass is 16.4. The van der Waals surface area contributed by atoms with E-state index < -0.39 is 0 Å². The first-order chi connectivity index (χ1) is 9.15. The molecule has 1 aromatic rings. The van der Waals surface area contributed by atoms with Gasteiger partial charge in [-0.15, -0.1) is 0 Å². The second kappa shape index (κ2) is 7.97. The molecule has 0 aliphatic carbocycles. The number of rotatable bonds is 6. The number of oxime groups is 1. The second-order valence-electron chi connectivity index (χ2n) is 4.20. The van der Waals surface area contributed by atoms with E-state index in [1.54, 1.807) is 12.1 Å². The maximum Gasteiger partial charge on any atom is 0.319 e. The van der Waals surface area contributed by atoms with Gasteiger partial charge in [0.05, 0.1) is 0 Å². The molecule has 6 heteroatoms. The van der Waals surface area contributed by atoms with Crippen LogP contribution in [0.1, 0.15) is 25.3 Å². The van der Waals surface area contributed by atoms with Crippen LogP contribution in [0, 0.1) is 0 Å². The number of unbranched alkanes of at least 4 members (excludes halogenated alkanes) is 1. The molecule has 0 spiro atoms. The molecule has 0 bridgehead atoms. The zero-order valence-corrected chi connectivity index (χ0v) is 11.0. The standard InChI is InChI=1S/C13H20N4O2/c1-2-3-8-15-13(18)16-11-6-4-10(5-7-11)9-12(14)17-19/h4-7,19H,2-3,8-9H2,1H3,(H2,14,17)(H2,15,16,18). The molecule has 5 N–H and O–H groups in total. The fraction of sp³-hybridized carbons (Fsp3) is 0.385. The number of amides is 2. The van der Waals surface area contributed by atoms with Crippen molar-refractivity contribution in [2.75, 3.05) is 11.9 Å². The molecule has 0 radical (unpaired) electrons. The number of carbonyl (C=O) groups excluding carboxylic acids is 1. The fourth-order valence-corrected chi connectivity index (χ4v) is 1.50. The summed E-state index contributed by atoms with van der Waals surface area (Å²) in [7, 11) is 0. The van der Waals surface area contributed by atoms with Crippen LogP contribution < -0.4 is 16.4 Å². The summed E-state index contributed by atoms with van der Waals surface area (Å²) < 4.78 is 0. The quantitative estimate of drug-likeness (QED) is 0.207. The summed E-state index contributed by atoms with van der Waals surface area (Å²) >= 11 is 0. The number of nitrogens with two attached hydrogens (primary N) is 1. The van der Waals surface area contributed by atoms with Crippen LogP contribution in [-0.2, 0) is 6.42 Å². The third kappa shape index (κ3) is 5.76. The number of nitrogens with zero attached hydrogens (tertiary/aromatic N) is 1. The Morgan fingerprint density at radius 2 is 2.05 bits per heavy atom. The van der Waals surface area contributed by atoms with E-state index in [4.69, 9.17) is 10.9 Å². The van der Waals surface area contributed by atoms with Crippen molar-refractivity contribution in [2.45, 2.75) is 26.2 Å². The van der Waals surface area contributed by atoms with Gasteiger partial charge in [-0.1, -0.05) is 30.6 Å². The molecule has 0 saturated carbocycles. The summed E-state index contributed by atoms with van der Waals surface area (Å²) in [5.74, 6) is 0.151. The number of amidine groups is 1. The number of benzene rings is 1. The van der Waals surface area contributed by atoms with Crippen LogP contribution in [-0.4, -0.2) is 23.6 Å². The minimum absolute atomic E-state index is 0.151. The van der Waals surface area contributed by atoms with E-state index >= 15 is 0 Å². The Kier molecular flexibility index (Phi) is 6.21. The number of nitrogens with one attached hydrogen (secondary N) is 2. The molecule has 0 fully saturated rings. The normalized spacial score (nSPS) is 11.1. The Hall–Kier alpha value is -2.24. The molecule has 6 nitrogen and oxygen atoms in total. The Morgan fingerprint density at radius 1 is 1.37 bits per heavy atom.